The summed E-state index contributed by atoms with van der Waals surface area (Å²) in [7, 11) is 0. The van der Waals surface area contributed by atoms with E-state index in [1.165, 1.54) is 93.6 Å². The highest BCUT2D eigenvalue weighted by Crippen LogP contribution is 2.64. The molecule has 2 aliphatic carbocycles. The maximum atomic E-state index is 2.43. The van der Waals surface area contributed by atoms with E-state index >= 15 is 0 Å². The number of hydrogen-bond acceptors (Lipinski definition) is 1. The molecule has 0 amide bonds. The molecule has 260 valence electrons. The number of benzene rings is 10. The van der Waals surface area contributed by atoms with E-state index in [1.54, 1.807) is 0 Å². The van der Waals surface area contributed by atoms with Crippen LogP contribution in [0.5, 0.6) is 0 Å². The third-order valence-electron chi connectivity index (χ3n) is 12.5. The number of anilines is 3. The molecule has 0 saturated heterocycles. The average molecular weight is 710 g/mol. The zero-order valence-corrected chi connectivity index (χ0v) is 30.7. The van der Waals surface area contributed by atoms with Crippen molar-refractivity contribution in [1.82, 2.24) is 0 Å². The fraction of sp³-hybridized carbons (Fsp3) is 0.0182. The Morgan fingerprint density at radius 3 is 1.36 bits per heavy atom. The Hall–Kier alpha value is -7.22. The van der Waals surface area contributed by atoms with Gasteiger partial charge in [0.1, 0.15) is 0 Å². The number of fused-ring (bicyclic) bond motifs is 16. The molecular formula is C55H35N. The molecule has 0 aliphatic heterocycles. The lowest BCUT2D eigenvalue weighted by molar-refractivity contribution is 0.794. The summed E-state index contributed by atoms with van der Waals surface area (Å²) >= 11 is 0. The minimum Gasteiger partial charge on any atom is -0.310 e. The third kappa shape index (κ3) is 4.15. The predicted molar refractivity (Wildman–Crippen MR) is 235 cm³/mol. The van der Waals surface area contributed by atoms with Crippen molar-refractivity contribution in [2.75, 3.05) is 4.90 Å². The van der Waals surface area contributed by atoms with Crippen molar-refractivity contribution in [3.8, 4) is 33.4 Å². The van der Waals surface area contributed by atoms with Crippen molar-refractivity contribution in [1.29, 1.82) is 0 Å². The second kappa shape index (κ2) is 11.9. The fourth-order valence-electron chi connectivity index (χ4n) is 10.3. The molecule has 56 heavy (non-hydrogen) atoms. The van der Waals surface area contributed by atoms with Crippen molar-refractivity contribution in [3.05, 3.63) is 235 Å². The van der Waals surface area contributed by atoms with Gasteiger partial charge in [0, 0.05) is 16.8 Å². The SMILES string of the molecule is c1ccc(N(c2ccc(-c3cccc4c3-c3ccccc3C43c4ccccc4-c4ccccc43)cc2)c2cccc3c4ccccc4c4ccccc4c23)cc1. The molecule has 0 atom stereocenters. The second-order valence-electron chi connectivity index (χ2n) is 15.1. The normalized spacial score (nSPS) is 13.1. The van der Waals surface area contributed by atoms with Crippen molar-refractivity contribution in [3.63, 3.8) is 0 Å². The molecule has 0 aromatic heterocycles. The van der Waals surface area contributed by atoms with Crippen molar-refractivity contribution in [2.24, 2.45) is 0 Å². The maximum absolute atomic E-state index is 2.43. The average Bonchev–Trinajstić information content (AvgIpc) is 3.75. The van der Waals surface area contributed by atoms with Gasteiger partial charge in [0.25, 0.3) is 0 Å². The van der Waals surface area contributed by atoms with Crippen LogP contribution in [0.2, 0.25) is 0 Å². The van der Waals surface area contributed by atoms with Crippen LogP contribution in [0.25, 0.3) is 65.7 Å². The van der Waals surface area contributed by atoms with E-state index in [0.29, 0.717) is 0 Å². The van der Waals surface area contributed by atoms with Gasteiger partial charge >= 0.3 is 0 Å². The molecule has 10 aromatic rings. The molecule has 1 heteroatoms. The first-order chi connectivity index (χ1) is 27.8. The van der Waals surface area contributed by atoms with E-state index in [9.17, 15) is 0 Å². The van der Waals surface area contributed by atoms with E-state index in [0.717, 1.165) is 11.4 Å². The molecule has 0 unspecified atom stereocenters. The highest BCUT2D eigenvalue weighted by molar-refractivity contribution is 6.28. The summed E-state index contributed by atoms with van der Waals surface area (Å²) in [5.41, 5.74) is 16.3. The van der Waals surface area contributed by atoms with E-state index in [-0.39, 0.29) is 5.41 Å². The zero-order chi connectivity index (χ0) is 36.8. The molecule has 12 rings (SSSR count). The van der Waals surface area contributed by atoms with Crippen LogP contribution in [-0.4, -0.2) is 0 Å². The first-order valence-corrected chi connectivity index (χ1v) is 19.5. The smallest absolute Gasteiger partial charge is 0.0725 e. The van der Waals surface area contributed by atoms with Gasteiger partial charge in [0.05, 0.1) is 11.1 Å². The zero-order valence-electron chi connectivity index (χ0n) is 30.7. The molecule has 2 aliphatic rings. The molecule has 1 spiro atoms. The third-order valence-corrected chi connectivity index (χ3v) is 12.5. The van der Waals surface area contributed by atoms with Gasteiger partial charge in [-0.1, -0.05) is 182 Å². The number of para-hydroxylation sites is 1. The molecule has 0 saturated carbocycles. The van der Waals surface area contributed by atoms with Crippen LogP contribution in [0.3, 0.4) is 0 Å². The Balaban J connectivity index is 1.06. The van der Waals surface area contributed by atoms with Gasteiger partial charge in [0.2, 0.25) is 0 Å². The predicted octanol–water partition coefficient (Wildman–Crippen LogP) is 14.6. The molecule has 0 radical (unpaired) electrons. The topological polar surface area (TPSA) is 3.24 Å². The molecule has 0 N–H and O–H groups in total. The summed E-state index contributed by atoms with van der Waals surface area (Å²) in [6.45, 7) is 0. The summed E-state index contributed by atoms with van der Waals surface area (Å²) in [4.78, 5) is 2.43. The Morgan fingerprint density at radius 1 is 0.286 bits per heavy atom. The van der Waals surface area contributed by atoms with Crippen LogP contribution < -0.4 is 4.90 Å². The Labute approximate surface area is 326 Å². The summed E-state index contributed by atoms with van der Waals surface area (Å²) < 4.78 is 0. The van der Waals surface area contributed by atoms with Gasteiger partial charge in [-0.15, -0.1) is 0 Å². The van der Waals surface area contributed by atoms with Crippen LogP contribution in [0.1, 0.15) is 22.3 Å². The number of rotatable bonds is 4. The van der Waals surface area contributed by atoms with E-state index in [1.807, 2.05) is 0 Å². The van der Waals surface area contributed by atoms with E-state index < -0.39 is 0 Å². The van der Waals surface area contributed by atoms with Crippen LogP contribution in [0, 0.1) is 0 Å². The first kappa shape index (κ1) is 31.2. The Bertz CT molecular complexity index is 3100. The summed E-state index contributed by atoms with van der Waals surface area (Å²) in [6.07, 6.45) is 0. The summed E-state index contributed by atoms with van der Waals surface area (Å²) in [5.74, 6) is 0. The monoisotopic (exact) mass is 709 g/mol. The molecule has 0 fully saturated rings. The van der Waals surface area contributed by atoms with Gasteiger partial charge in [-0.3, -0.25) is 0 Å². The Morgan fingerprint density at radius 2 is 0.714 bits per heavy atom. The van der Waals surface area contributed by atoms with Crippen LogP contribution >= 0.6 is 0 Å². The van der Waals surface area contributed by atoms with Gasteiger partial charge in [0.15, 0.2) is 0 Å². The van der Waals surface area contributed by atoms with E-state index in [2.05, 4.69) is 217 Å². The summed E-state index contributed by atoms with van der Waals surface area (Å²) in [5, 5.41) is 7.61. The van der Waals surface area contributed by atoms with Crippen LogP contribution in [0.15, 0.2) is 212 Å². The molecule has 1 nitrogen and oxygen atoms in total. The Kier molecular flexibility index (Phi) is 6.62. The minimum absolute atomic E-state index is 0.361. The van der Waals surface area contributed by atoms with Gasteiger partial charge in [-0.2, -0.15) is 0 Å². The highest BCUT2D eigenvalue weighted by atomic mass is 15.1. The largest absolute Gasteiger partial charge is 0.310 e. The molecule has 0 heterocycles. The van der Waals surface area contributed by atoms with Gasteiger partial charge < -0.3 is 4.90 Å². The van der Waals surface area contributed by atoms with E-state index in [4.69, 9.17) is 0 Å². The quantitative estimate of drug-likeness (QED) is 0.164. The lowest BCUT2D eigenvalue weighted by Gasteiger charge is -2.30. The van der Waals surface area contributed by atoms with Gasteiger partial charge in [-0.25, -0.2) is 0 Å². The lowest BCUT2D eigenvalue weighted by Crippen LogP contribution is -2.25. The minimum atomic E-state index is -0.361. The van der Waals surface area contributed by atoms with Crippen molar-refractivity contribution in [2.45, 2.75) is 5.41 Å². The number of nitrogens with zero attached hydrogens (tertiary/aromatic N) is 1. The molecular weight excluding hydrogens is 675 g/mol. The fourth-order valence-corrected chi connectivity index (χ4v) is 10.3. The molecule has 0 bridgehead atoms. The van der Waals surface area contributed by atoms with Crippen LogP contribution in [-0.2, 0) is 5.41 Å². The number of hydrogen-bond donors (Lipinski definition) is 0. The van der Waals surface area contributed by atoms with Crippen molar-refractivity contribution >= 4 is 49.4 Å². The highest BCUT2D eigenvalue weighted by Gasteiger charge is 2.51. The standard InChI is InChI=1S/C55H35N/c1-2-16-37(17-3-1)56(52-31-15-26-46-42-19-5-4-18-40(42)41-20-6-7-23-45(41)54(46)52)38-34-32-36(33-35-38)39-25-14-30-51-53(39)47-24-10-13-29-50(47)55(51)48-27-11-8-21-43(48)44-22-9-12-28-49(44)55/h1-35H. The first-order valence-electron chi connectivity index (χ1n) is 19.5. The summed E-state index contributed by atoms with van der Waals surface area (Å²) in [6, 6.07) is 78.6. The van der Waals surface area contributed by atoms with Gasteiger partial charge in [-0.05, 0) is 113 Å². The van der Waals surface area contributed by atoms with Crippen LogP contribution in [0.4, 0.5) is 17.1 Å². The second-order valence-corrected chi connectivity index (χ2v) is 15.1. The van der Waals surface area contributed by atoms with Crippen molar-refractivity contribution < 1.29 is 0 Å². The lowest BCUT2D eigenvalue weighted by atomic mass is 9.70. The maximum Gasteiger partial charge on any atom is 0.0725 e. The molecule has 10 aromatic carbocycles.